The van der Waals surface area contributed by atoms with Crippen LogP contribution in [0.1, 0.15) is 19.3 Å². The number of esters is 1. The summed E-state index contributed by atoms with van der Waals surface area (Å²) in [4.78, 5) is 35.8. The van der Waals surface area contributed by atoms with Gasteiger partial charge in [-0.1, -0.05) is 23.2 Å². The largest absolute Gasteiger partial charge is 0.497 e. The first-order valence-corrected chi connectivity index (χ1v) is 10.0. The van der Waals surface area contributed by atoms with E-state index in [0.29, 0.717) is 32.9 Å². The Morgan fingerprint density at radius 1 is 0.871 bits per heavy atom. The first kappa shape index (κ1) is 24.3. The SMILES string of the molecule is COc1ccc(OC)c(NC(=O)COC(=O)CCCC(=O)Nc2ccc(Cl)c(Cl)c2)c1. The summed E-state index contributed by atoms with van der Waals surface area (Å²) in [5, 5.41) is 5.97. The zero-order valence-corrected chi connectivity index (χ0v) is 18.5. The number of nitrogens with one attached hydrogen (secondary N) is 2. The van der Waals surface area contributed by atoms with Gasteiger partial charge in [-0.25, -0.2) is 0 Å². The molecule has 0 spiro atoms. The molecular formula is C21H22Cl2N2O6. The van der Waals surface area contributed by atoms with Crippen molar-refractivity contribution in [2.75, 3.05) is 31.5 Å². The summed E-state index contributed by atoms with van der Waals surface area (Å²) in [6.45, 7) is -0.464. The first-order valence-electron chi connectivity index (χ1n) is 9.24. The Kier molecular flexibility index (Phi) is 9.42. The summed E-state index contributed by atoms with van der Waals surface area (Å²) in [6.07, 6.45) is 0.352. The van der Waals surface area contributed by atoms with Crippen molar-refractivity contribution in [3.63, 3.8) is 0 Å². The number of halogens is 2. The quantitative estimate of drug-likeness (QED) is 0.503. The molecule has 0 bridgehead atoms. The van der Waals surface area contributed by atoms with Gasteiger partial charge in [0.2, 0.25) is 5.91 Å². The van der Waals surface area contributed by atoms with Gasteiger partial charge in [0.1, 0.15) is 11.5 Å². The molecule has 0 radical (unpaired) electrons. The molecule has 0 aliphatic carbocycles. The molecule has 8 nitrogen and oxygen atoms in total. The van der Waals surface area contributed by atoms with E-state index in [1.165, 1.54) is 20.3 Å². The third-order valence-corrected chi connectivity index (χ3v) is 4.77. The van der Waals surface area contributed by atoms with Crippen LogP contribution in [0, 0.1) is 0 Å². The molecule has 31 heavy (non-hydrogen) atoms. The highest BCUT2D eigenvalue weighted by atomic mass is 35.5. The lowest BCUT2D eigenvalue weighted by atomic mass is 10.2. The third-order valence-electron chi connectivity index (χ3n) is 4.03. The highest BCUT2D eigenvalue weighted by Gasteiger charge is 2.12. The lowest BCUT2D eigenvalue weighted by Gasteiger charge is -2.12. The van der Waals surface area contributed by atoms with Crippen molar-refractivity contribution in [3.05, 3.63) is 46.4 Å². The summed E-state index contributed by atoms with van der Waals surface area (Å²) >= 11 is 11.7. The fourth-order valence-electron chi connectivity index (χ4n) is 2.51. The van der Waals surface area contributed by atoms with E-state index in [1.54, 1.807) is 30.3 Å². The number of rotatable bonds is 10. The van der Waals surface area contributed by atoms with E-state index in [4.69, 9.17) is 37.4 Å². The fourth-order valence-corrected chi connectivity index (χ4v) is 2.80. The van der Waals surface area contributed by atoms with Gasteiger partial charge in [0, 0.05) is 24.6 Å². The number of amides is 2. The highest BCUT2D eigenvalue weighted by molar-refractivity contribution is 6.42. The van der Waals surface area contributed by atoms with E-state index in [9.17, 15) is 14.4 Å². The van der Waals surface area contributed by atoms with Crippen LogP contribution in [0.4, 0.5) is 11.4 Å². The van der Waals surface area contributed by atoms with E-state index in [1.807, 2.05) is 0 Å². The maximum absolute atomic E-state index is 12.1. The fraction of sp³-hybridized carbons (Fsp3) is 0.286. The van der Waals surface area contributed by atoms with E-state index in [0.717, 1.165) is 0 Å². The summed E-state index contributed by atoms with van der Waals surface area (Å²) < 4.78 is 15.2. The number of hydrogen-bond donors (Lipinski definition) is 2. The number of benzene rings is 2. The Balaban J connectivity index is 1.71. The molecule has 0 aliphatic heterocycles. The molecule has 0 saturated carbocycles. The Morgan fingerprint density at radius 2 is 1.65 bits per heavy atom. The van der Waals surface area contributed by atoms with Gasteiger partial charge in [-0.05, 0) is 36.8 Å². The topological polar surface area (TPSA) is 103 Å². The van der Waals surface area contributed by atoms with Gasteiger partial charge in [-0.2, -0.15) is 0 Å². The van der Waals surface area contributed by atoms with E-state index >= 15 is 0 Å². The van der Waals surface area contributed by atoms with Gasteiger partial charge in [0.05, 0.1) is 30.0 Å². The van der Waals surface area contributed by atoms with Gasteiger partial charge in [-0.15, -0.1) is 0 Å². The maximum Gasteiger partial charge on any atom is 0.306 e. The number of ether oxygens (including phenoxy) is 3. The molecule has 0 aromatic heterocycles. The zero-order valence-electron chi connectivity index (χ0n) is 17.0. The van der Waals surface area contributed by atoms with Crippen molar-refractivity contribution in [3.8, 4) is 11.5 Å². The predicted octanol–water partition coefficient (Wildman–Crippen LogP) is 4.30. The summed E-state index contributed by atoms with van der Waals surface area (Å²) in [6, 6.07) is 9.64. The van der Waals surface area contributed by atoms with Crippen molar-refractivity contribution in [1.29, 1.82) is 0 Å². The molecule has 2 aromatic carbocycles. The molecule has 0 fully saturated rings. The molecule has 0 saturated heterocycles. The van der Waals surface area contributed by atoms with Crippen molar-refractivity contribution in [2.24, 2.45) is 0 Å². The van der Waals surface area contributed by atoms with Gasteiger partial charge in [-0.3, -0.25) is 14.4 Å². The third kappa shape index (κ3) is 7.99. The molecule has 2 amide bonds. The van der Waals surface area contributed by atoms with E-state index in [-0.39, 0.29) is 25.2 Å². The Hall–Kier alpha value is -2.97. The number of carbonyl (C=O) groups excluding carboxylic acids is 3. The van der Waals surface area contributed by atoms with Crippen molar-refractivity contribution in [1.82, 2.24) is 0 Å². The Morgan fingerprint density at radius 3 is 2.32 bits per heavy atom. The van der Waals surface area contributed by atoms with Crippen LogP contribution in [0.3, 0.4) is 0 Å². The molecule has 2 N–H and O–H groups in total. The van der Waals surface area contributed by atoms with Crippen molar-refractivity contribution >= 4 is 52.4 Å². The van der Waals surface area contributed by atoms with Crippen LogP contribution in [-0.4, -0.2) is 38.6 Å². The van der Waals surface area contributed by atoms with Gasteiger partial charge in [0.25, 0.3) is 5.91 Å². The lowest BCUT2D eigenvalue weighted by molar-refractivity contribution is -0.147. The molecule has 10 heteroatoms. The molecule has 0 heterocycles. The zero-order chi connectivity index (χ0) is 22.8. The molecule has 0 atom stereocenters. The maximum atomic E-state index is 12.1. The number of methoxy groups -OCH3 is 2. The minimum atomic E-state index is -0.588. The van der Waals surface area contributed by atoms with Gasteiger partial charge < -0.3 is 24.8 Å². The van der Waals surface area contributed by atoms with Crippen LogP contribution in [0.2, 0.25) is 10.0 Å². The molecule has 0 aliphatic rings. The average Bonchev–Trinajstić information content (AvgIpc) is 2.74. The lowest BCUT2D eigenvalue weighted by Crippen LogP contribution is -2.21. The normalized spacial score (nSPS) is 10.2. The van der Waals surface area contributed by atoms with E-state index < -0.39 is 18.5 Å². The second kappa shape index (κ2) is 12.0. The van der Waals surface area contributed by atoms with Crippen LogP contribution in [0.5, 0.6) is 11.5 Å². The van der Waals surface area contributed by atoms with Crippen LogP contribution >= 0.6 is 23.2 Å². The summed E-state index contributed by atoms with van der Waals surface area (Å²) in [5.74, 6) is -0.429. The van der Waals surface area contributed by atoms with Crippen LogP contribution < -0.4 is 20.1 Å². The van der Waals surface area contributed by atoms with E-state index in [2.05, 4.69) is 10.6 Å². The first-order chi connectivity index (χ1) is 14.8. The summed E-state index contributed by atoms with van der Waals surface area (Å²) in [5.41, 5.74) is 0.897. The van der Waals surface area contributed by atoms with Crippen molar-refractivity contribution < 1.29 is 28.6 Å². The van der Waals surface area contributed by atoms with Gasteiger partial charge >= 0.3 is 5.97 Å². The highest BCUT2D eigenvalue weighted by Crippen LogP contribution is 2.29. The van der Waals surface area contributed by atoms with Crippen LogP contribution in [0.25, 0.3) is 0 Å². The number of carbonyl (C=O) groups is 3. The smallest absolute Gasteiger partial charge is 0.306 e. The molecule has 2 rings (SSSR count). The standard InChI is InChI=1S/C21H22Cl2N2O6/c1-29-14-7-9-18(30-2)17(11-14)25-20(27)12-31-21(28)5-3-4-19(26)24-13-6-8-15(22)16(23)10-13/h6-11H,3-5,12H2,1-2H3,(H,24,26)(H,25,27). The van der Waals surface area contributed by atoms with Crippen LogP contribution in [0.15, 0.2) is 36.4 Å². The molecule has 2 aromatic rings. The second-order valence-electron chi connectivity index (χ2n) is 6.31. The van der Waals surface area contributed by atoms with Gasteiger partial charge in [0.15, 0.2) is 6.61 Å². The minimum Gasteiger partial charge on any atom is -0.497 e. The van der Waals surface area contributed by atoms with Crippen molar-refractivity contribution in [2.45, 2.75) is 19.3 Å². The Bertz CT molecular complexity index is 951. The predicted molar refractivity (Wildman–Crippen MR) is 118 cm³/mol. The molecular weight excluding hydrogens is 447 g/mol. The Labute approximate surface area is 189 Å². The molecule has 166 valence electrons. The van der Waals surface area contributed by atoms with Crippen LogP contribution in [-0.2, 0) is 19.1 Å². The molecule has 0 unspecified atom stereocenters. The average molecular weight is 469 g/mol. The monoisotopic (exact) mass is 468 g/mol. The minimum absolute atomic E-state index is 0.00937. The number of hydrogen-bond acceptors (Lipinski definition) is 6. The second-order valence-corrected chi connectivity index (χ2v) is 7.12. The summed E-state index contributed by atoms with van der Waals surface area (Å²) in [7, 11) is 2.97. The number of anilines is 2.